The van der Waals surface area contributed by atoms with Gasteiger partial charge in [0.1, 0.15) is 0 Å². The van der Waals surface area contributed by atoms with Gasteiger partial charge in [-0.15, -0.1) is 0 Å². The van der Waals surface area contributed by atoms with Crippen LogP contribution in [0.4, 0.5) is 0 Å². The topological polar surface area (TPSA) is 32.7 Å². The third kappa shape index (κ3) is 6.39. The van der Waals surface area contributed by atoms with E-state index in [2.05, 4.69) is 11.9 Å². The molecule has 17 heavy (non-hydrogen) atoms. The molecule has 1 unspecified atom stereocenters. The van der Waals surface area contributed by atoms with Crippen LogP contribution in [-0.2, 0) is 4.74 Å². The molecule has 0 aromatic heterocycles. The summed E-state index contributed by atoms with van der Waals surface area (Å²) in [5.74, 6) is 0. The molecule has 0 heterocycles. The molecule has 0 aromatic rings. The SMILES string of the molecule is CN(CC(O)COC(C)(C)C)C1CCCCC1. The van der Waals surface area contributed by atoms with Crippen molar-refractivity contribution < 1.29 is 9.84 Å². The van der Waals surface area contributed by atoms with Crippen LogP contribution in [0.3, 0.4) is 0 Å². The van der Waals surface area contributed by atoms with Crippen molar-refractivity contribution >= 4 is 0 Å². The van der Waals surface area contributed by atoms with E-state index >= 15 is 0 Å². The maximum absolute atomic E-state index is 9.95. The molecule has 3 nitrogen and oxygen atoms in total. The average molecular weight is 243 g/mol. The zero-order valence-electron chi connectivity index (χ0n) is 11.9. The predicted octanol–water partition coefficient (Wildman–Crippen LogP) is 2.43. The minimum absolute atomic E-state index is 0.162. The largest absolute Gasteiger partial charge is 0.389 e. The van der Waals surface area contributed by atoms with Crippen molar-refractivity contribution in [3.63, 3.8) is 0 Å². The van der Waals surface area contributed by atoms with E-state index in [0.717, 1.165) is 6.54 Å². The maximum Gasteiger partial charge on any atom is 0.0900 e. The molecule has 102 valence electrons. The molecule has 0 aromatic carbocycles. The molecular formula is C14H29NO2. The Labute approximate surface area is 106 Å². The van der Waals surface area contributed by atoms with Gasteiger partial charge in [-0.25, -0.2) is 0 Å². The van der Waals surface area contributed by atoms with Gasteiger partial charge in [-0.1, -0.05) is 19.3 Å². The highest BCUT2D eigenvalue weighted by Gasteiger charge is 2.21. The van der Waals surface area contributed by atoms with E-state index in [0.29, 0.717) is 12.6 Å². The summed E-state index contributed by atoms with van der Waals surface area (Å²) in [6.07, 6.45) is 6.24. The van der Waals surface area contributed by atoms with Crippen LogP contribution in [0.1, 0.15) is 52.9 Å². The zero-order chi connectivity index (χ0) is 12.9. The Balaban J connectivity index is 2.22. The molecule has 1 N–H and O–H groups in total. The molecule has 0 bridgehead atoms. The van der Waals surface area contributed by atoms with E-state index in [4.69, 9.17) is 4.74 Å². The van der Waals surface area contributed by atoms with Crippen molar-refractivity contribution in [2.75, 3.05) is 20.2 Å². The Bertz CT molecular complexity index is 207. The monoisotopic (exact) mass is 243 g/mol. The van der Waals surface area contributed by atoms with E-state index in [1.54, 1.807) is 0 Å². The fourth-order valence-corrected chi connectivity index (χ4v) is 2.40. The van der Waals surface area contributed by atoms with E-state index in [9.17, 15) is 5.11 Å². The molecule has 1 saturated carbocycles. The van der Waals surface area contributed by atoms with Crippen LogP contribution in [0, 0.1) is 0 Å². The number of aliphatic hydroxyl groups excluding tert-OH is 1. The molecular weight excluding hydrogens is 214 g/mol. The van der Waals surface area contributed by atoms with Gasteiger partial charge in [0.15, 0.2) is 0 Å². The second-order valence-electron chi connectivity index (χ2n) is 6.31. The van der Waals surface area contributed by atoms with Gasteiger partial charge in [-0.05, 0) is 40.7 Å². The summed E-state index contributed by atoms with van der Waals surface area (Å²) in [4.78, 5) is 2.30. The number of aliphatic hydroxyl groups is 1. The maximum atomic E-state index is 9.95. The average Bonchev–Trinajstić information content (AvgIpc) is 2.27. The molecule has 0 spiro atoms. The molecule has 0 amide bonds. The second kappa shape index (κ2) is 6.72. The lowest BCUT2D eigenvalue weighted by Crippen LogP contribution is -2.41. The number of likely N-dealkylation sites (N-methyl/N-ethyl adjacent to an activating group) is 1. The molecule has 0 saturated heterocycles. The van der Waals surface area contributed by atoms with E-state index in [-0.39, 0.29) is 11.7 Å². The van der Waals surface area contributed by atoms with Crippen LogP contribution in [0.25, 0.3) is 0 Å². The van der Waals surface area contributed by atoms with Crippen molar-refractivity contribution in [2.45, 2.75) is 70.6 Å². The van der Waals surface area contributed by atoms with Crippen LogP contribution in [-0.4, -0.2) is 48.0 Å². The highest BCUT2D eigenvalue weighted by Crippen LogP contribution is 2.21. The number of rotatable bonds is 5. The molecule has 1 fully saturated rings. The van der Waals surface area contributed by atoms with Gasteiger partial charge in [0.05, 0.1) is 18.3 Å². The molecule has 0 radical (unpaired) electrons. The van der Waals surface area contributed by atoms with Crippen molar-refractivity contribution in [1.82, 2.24) is 4.90 Å². The van der Waals surface area contributed by atoms with Gasteiger partial charge in [0.25, 0.3) is 0 Å². The number of hydrogen-bond acceptors (Lipinski definition) is 3. The van der Waals surface area contributed by atoms with Crippen molar-refractivity contribution in [1.29, 1.82) is 0 Å². The highest BCUT2D eigenvalue weighted by atomic mass is 16.5. The minimum atomic E-state index is -0.374. The van der Waals surface area contributed by atoms with Gasteiger partial charge in [0.2, 0.25) is 0 Å². The van der Waals surface area contributed by atoms with Crippen LogP contribution in [0.15, 0.2) is 0 Å². The smallest absolute Gasteiger partial charge is 0.0900 e. The van der Waals surface area contributed by atoms with E-state index in [1.807, 2.05) is 20.8 Å². The van der Waals surface area contributed by atoms with Gasteiger partial charge in [-0.2, -0.15) is 0 Å². The molecule has 3 heteroatoms. The molecule has 0 aliphatic heterocycles. The normalized spacial score (nSPS) is 20.8. The Morgan fingerprint density at radius 2 is 1.82 bits per heavy atom. The van der Waals surface area contributed by atoms with Crippen molar-refractivity contribution in [3.8, 4) is 0 Å². The lowest BCUT2D eigenvalue weighted by Gasteiger charge is -2.33. The Hall–Kier alpha value is -0.120. The van der Waals surface area contributed by atoms with Crippen molar-refractivity contribution in [2.24, 2.45) is 0 Å². The van der Waals surface area contributed by atoms with Crippen molar-refractivity contribution in [3.05, 3.63) is 0 Å². The first kappa shape index (κ1) is 14.9. The van der Waals surface area contributed by atoms with Crippen LogP contribution in [0.5, 0.6) is 0 Å². The third-order valence-electron chi connectivity index (χ3n) is 3.41. The quantitative estimate of drug-likeness (QED) is 0.805. The fourth-order valence-electron chi connectivity index (χ4n) is 2.40. The van der Waals surface area contributed by atoms with E-state index < -0.39 is 0 Å². The van der Waals surface area contributed by atoms with E-state index in [1.165, 1.54) is 32.1 Å². The first-order chi connectivity index (χ1) is 7.88. The van der Waals surface area contributed by atoms with Gasteiger partial charge in [0, 0.05) is 12.6 Å². The summed E-state index contributed by atoms with van der Waals surface area (Å²) in [5.41, 5.74) is -0.162. The third-order valence-corrected chi connectivity index (χ3v) is 3.41. The highest BCUT2D eigenvalue weighted by molar-refractivity contribution is 4.75. The Kier molecular flexibility index (Phi) is 5.90. The van der Waals surface area contributed by atoms with Crippen LogP contribution < -0.4 is 0 Å². The minimum Gasteiger partial charge on any atom is -0.389 e. The second-order valence-corrected chi connectivity index (χ2v) is 6.31. The lowest BCUT2D eigenvalue weighted by atomic mass is 9.94. The fraction of sp³-hybridized carbons (Fsp3) is 1.00. The molecule has 1 atom stereocenters. The molecule has 1 rings (SSSR count). The summed E-state index contributed by atoms with van der Waals surface area (Å²) in [6, 6.07) is 0.660. The van der Waals surface area contributed by atoms with Crippen LogP contribution in [0.2, 0.25) is 0 Å². The number of ether oxygens (including phenoxy) is 1. The summed E-state index contributed by atoms with van der Waals surface area (Å²) in [5, 5.41) is 9.95. The summed E-state index contributed by atoms with van der Waals surface area (Å²) in [6.45, 7) is 7.21. The van der Waals surface area contributed by atoms with Gasteiger partial charge >= 0.3 is 0 Å². The molecule has 1 aliphatic carbocycles. The van der Waals surface area contributed by atoms with Crippen LogP contribution >= 0.6 is 0 Å². The first-order valence-corrected chi connectivity index (χ1v) is 6.91. The predicted molar refractivity (Wildman–Crippen MR) is 71.2 cm³/mol. The lowest BCUT2D eigenvalue weighted by molar-refractivity contribution is -0.0577. The first-order valence-electron chi connectivity index (χ1n) is 6.91. The Morgan fingerprint density at radius 3 is 2.35 bits per heavy atom. The summed E-state index contributed by atoms with van der Waals surface area (Å²) >= 11 is 0. The standard InChI is InChI=1S/C14H29NO2/c1-14(2,3)17-11-13(16)10-15(4)12-8-6-5-7-9-12/h12-13,16H,5-11H2,1-4H3. The summed E-state index contributed by atoms with van der Waals surface area (Å²) in [7, 11) is 2.12. The van der Waals surface area contributed by atoms with Gasteiger partial charge < -0.3 is 14.7 Å². The zero-order valence-corrected chi connectivity index (χ0v) is 11.9. The molecule has 1 aliphatic rings. The number of nitrogens with zero attached hydrogens (tertiary/aromatic N) is 1. The summed E-state index contributed by atoms with van der Waals surface area (Å²) < 4.78 is 5.60. The Morgan fingerprint density at radius 1 is 1.24 bits per heavy atom. The van der Waals surface area contributed by atoms with Gasteiger partial charge in [-0.3, -0.25) is 0 Å². The number of hydrogen-bond donors (Lipinski definition) is 1.